The fourth-order valence-corrected chi connectivity index (χ4v) is 3.34. The first-order valence-corrected chi connectivity index (χ1v) is 7.40. The van der Waals surface area contributed by atoms with Gasteiger partial charge in [-0.3, -0.25) is 4.79 Å². The van der Waals surface area contributed by atoms with Gasteiger partial charge in [0.25, 0.3) is 0 Å². The van der Waals surface area contributed by atoms with Crippen LogP contribution in [0, 0.1) is 11.8 Å². The molecular formula is C16H22N2O2. The first-order valence-electron chi connectivity index (χ1n) is 7.40. The Balaban J connectivity index is 1.95. The van der Waals surface area contributed by atoms with E-state index in [-0.39, 0.29) is 11.8 Å². The third-order valence-electron chi connectivity index (χ3n) is 4.50. The summed E-state index contributed by atoms with van der Waals surface area (Å²) in [5.41, 5.74) is 2.22. The molecule has 20 heavy (non-hydrogen) atoms. The minimum Gasteiger partial charge on any atom is -0.495 e. The van der Waals surface area contributed by atoms with E-state index in [1.807, 2.05) is 17.0 Å². The second kappa shape index (κ2) is 5.44. The van der Waals surface area contributed by atoms with Crippen molar-refractivity contribution in [3.05, 3.63) is 23.8 Å². The Labute approximate surface area is 120 Å². The molecule has 108 valence electrons. The lowest BCUT2D eigenvalue weighted by Gasteiger charge is -2.33. The monoisotopic (exact) mass is 274 g/mol. The predicted octanol–water partition coefficient (Wildman–Crippen LogP) is 1.83. The number of fused-ring (bicyclic) bond motifs is 1. The predicted molar refractivity (Wildman–Crippen MR) is 79.2 cm³/mol. The first-order chi connectivity index (χ1) is 9.72. The molecule has 0 aromatic heterocycles. The number of amides is 1. The molecule has 1 aromatic rings. The SMILES string of the molecule is COc1cccc2c1N(C(=O)C1CNCC1C)CCC2. The standard InChI is InChI=1S/C16H22N2O2/c1-11-9-17-10-13(11)16(19)18-8-4-6-12-5-3-7-14(20-2)15(12)18/h3,5,7,11,13,17H,4,6,8-10H2,1-2H3. The van der Waals surface area contributed by atoms with Crippen LogP contribution in [-0.2, 0) is 11.2 Å². The van der Waals surface area contributed by atoms with Crippen LogP contribution in [0.3, 0.4) is 0 Å². The van der Waals surface area contributed by atoms with Gasteiger partial charge in [0.05, 0.1) is 18.7 Å². The maximum atomic E-state index is 12.9. The van der Waals surface area contributed by atoms with E-state index in [9.17, 15) is 4.79 Å². The summed E-state index contributed by atoms with van der Waals surface area (Å²) >= 11 is 0. The lowest BCUT2D eigenvalue weighted by molar-refractivity contribution is -0.122. The molecule has 0 spiro atoms. The van der Waals surface area contributed by atoms with E-state index < -0.39 is 0 Å². The molecule has 0 radical (unpaired) electrons. The highest BCUT2D eigenvalue weighted by Gasteiger charge is 2.35. The van der Waals surface area contributed by atoms with Gasteiger partial charge in [-0.1, -0.05) is 19.1 Å². The van der Waals surface area contributed by atoms with Crippen molar-refractivity contribution < 1.29 is 9.53 Å². The van der Waals surface area contributed by atoms with Crippen molar-refractivity contribution in [1.82, 2.24) is 5.32 Å². The van der Waals surface area contributed by atoms with Crippen LogP contribution < -0.4 is 15.0 Å². The largest absolute Gasteiger partial charge is 0.495 e. The topological polar surface area (TPSA) is 41.6 Å². The summed E-state index contributed by atoms with van der Waals surface area (Å²) in [6, 6.07) is 6.06. The van der Waals surface area contributed by atoms with Gasteiger partial charge in [-0.15, -0.1) is 0 Å². The number of carbonyl (C=O) groups excluding carboxylic acids is 1. The second-order valence-electron chi connectivity index (χ2n) is 5.80. The van der Waals surface area contributed by atoms with E-state index in [1.54, 1.807) is 7.11 Å². The van der Waals surface area contributed by atoms with Crippen LogP contribution >= 0.6 is 0 Å². The molecule has 2 unspecified atom stereocenters. The number of hydrogen-bond acceptors (Lipinski definition) is 3. The maximum absolute atomic E-state index is 12.9. The minimum atomic E-state index is 0.0888. The van der Waals surface area contributed by atoms with E-state index in [0.29, 0.717) is 5.92 Å². The summed E-state index contributed by atoms with van der Waals surface area (Å²) in [5.74, 6) is 1.55. The Morgan fingerprint density at radius 2 is 2.25 bits per heavy atom. The number of aryl methyl sites for hydroxylation is 1. The molecule has 0 aliphatic carbocycles. The number of nitrogens with one attached hydrogen (secondary N) is 1. The highest BCUT2D eigenvalue weighted by atomic mass is 16.5. The zero-order valence-corrected chi connectivity index (χ0v) is 12.2. The Hall–Kier alpha value is -1.55. The van der Waals surface area contributed by atoms with Gasteiger partial charge in [0.2, 0.25) is 5.91 Å². The summed E-state index contributed by atoms with van der Waals surface area (Å²) in [5, 5.41) is 3.32. The number of ether oxygens (including phenoxy) is 1. The Morgan fingerprint density at radius 1 is 1.40 bits per heavy atom. The van der Waals surface area contributed by atoms with Gasteiger partial charge in [-0.25, -0.2) is 0 Å². The fourth-order valence-electron chi connectivity index (χ4n) is 3.34. The zero-order valence-electron chi connectivity index (χ0n) is 12.2. The van der Waals surface area contributed by atoms with E-state index in [4.69, 9.17) is 4.74 Å². The number of nitrogens with zero attached hydrogens (tertiary/aromatic N) is 1. The quantitative estimate of drug-likeness (QED) is 0.894. The number of carbonyl (C=O) groups is 1. The van der Waals surface area contributed by atoms with Crippen molar-refractivity contribution in [3.63, 3.8) is 0 Å². The molecule has 1 saturated heterocycles. The molecule has 0 bridgehead atoms. The smallest absolute Gasteiger partial charge is 0.231 e. The minimum absolute atomic E-state index is 0.0888. The molecule has 2 heterocycles. The number of hydrogen-bond donors (Lipinski definition) is 1. The van der Waals surface area contributed by atoms with Gasteiger partial charge < -0.3 is 15.0 Å². The molecule has 2 aliphatic heterocycles. The van der Waals surface area contributed by atoms with Crippen LogP contribution in [-0.4, -0.2) is 32.7 Å². The van der Waals surface area contributed by atoms with Crippen molar-refractivity contribution in [2.24, 2.45) is 11.8 Å². The van der Waals surface area contributed by atoms with Gasteiger partial charge in [0.15, 0.2) is 0 Å². The Morgan fingerprint density at radius 3 is 2.95 bits per heavy atom. The van der Waals surface area contributed by atoms with Crippen molar-refractivity contribution in [2.45, 2.75) is 19.8 Å². The molecule has 1 fully saturated rings. The van der Waals surface area contributed by atoms with Crippen molar-refractivity contribution >= 4 is 11.6 Å². The van der Waals surface area contributed by atoms with Gasteiger partial charge in [0, 0.05) is 13.1 Å². The second-order valence-corrected chi connectivity index (χ2v) is 5.80. The van der Waals surface area contributed by atoms with Crippen LogP contribution in [0.1, 0.15) is 18.9 Å². The van der Waals surface area contributed by atoms with E-state index >= 15 is 0 Å². The summed E-state index contributed by atoms with van der Waals surface area (Å²) in [7, 11) is 1.67. The van der Waals surface area contributed by atoms with Crippen LogP contribution in [0.25, 0.3) is 0 Å². The molecule has 0 saturated carbocycles. The normalized spacial score (nSPS) is 25.4. The number of rotatable bonds is 2. The van der Waals surface area contributed by atoms with Crippen molar-refractivity contribution in [1.29, 1.82) is 0 Å². The summed E-state index contributed by atoms with van der Waals surface area (Å²) in [6.07, 6.45) is 2.05. The number of methoxy groups -OCH3 is 1. The van der Waals surface area contributed by atoms with Crippen LogP contribution in [0.15, 0.2) is 18.2 Å². The lowest BCUT2D eigenvalue weighted by Crippen LogP contribution is -2.42. The third-order valence-corrected chi connectivity index (χ3v) is 4.50. The van der Waals surface area contributed by atoms with Crippen molar-refractivity contribution in [2.75, 3.05) is 31.6 Å². The average Bonchev–Trinajstić information content (AvgIpc) is 2.91. The van der Waals surface area contributed by atoms with E-state index in [1.165, 1.54) is 5.56 Å². The molecule has 1 aromatic carbocycles. The Bertz CT molecular complexity index is 501. The highest BCUT2D eigenvalue weighted by Crippen LogP contribution is 2.37. The summed E-state index contributed by atoms with van der Waals surface area (Å²) < 4.78 is 5.47. The lowest BCUT2D eigenvalue weighted by atomic mass is 9.94. The van der Waals surface area contributed by atoms with Crippen LogP contribution in [0.5, 0.6) is 5.75 Å². The van der Waals surface area contributed by atoms with Crippen LogP contribution in [0.4, 0.5) is 5.69 Å². The number of anilines is 1. The van der Waals surface area contributed by atoms with Gasteiger partial charge in [-0.2, -0.15) is 0 Å². The summed E-state index contributed by atoms with van der Waals surface area (Å²) in [4.78, 5) is 14.8. The van der Waals surface area contributed by atoms with Crippen molar-refractivity contribution in [3.8, 4) is 5.75 Å². The first kappa shape index (κ1) is 13.4. The van der Waals surface area contributed by atoms with E-state index in [0.717, 1.165) is 43.9 Å². The molecule has 1 amide bonds. The average molecular weight is 274 g/mol. The van der Waals surface area contributed by atoms with Crippen LogP contribution in [0.2, 0.25) is 0 Å². The molecule has 4 heteroatoms. The maximum Gasteiger partial charge on any atom is 0.231 e. The molecule has 1 N–H and O–H groups in total. The molecule has 3 rings (SSSR count). The highest BCUT2D eigenvalue weighted by molar-refractivity contribution is 5.98. The number of para-hydroxylation sites is 1. The third kappa shape index (κ3) is 2.18. The van der Waals surface area contributed by atoms with Gasteiger partial charge >= 0.3 is 0 Å². The zero-order chi connectivity index (χ0) is 14.1. The molecular weight excluding hydrogens is 252 g/mol. The van der Waals surface area contributed by atoms with Gasteiger partial charge in [-0.05, 0) is 36.9 Å². The number of benzene rings is 1. The Kier molecular flexibility index (Phi) is 3.66. The fraction of sp³-hybridized carbons (Fsp3) is 0.562. The van der Waals surface area contributed by atoms with E-state index in [2.05, 4.69) is 18.3 Å². The molecule has 4 nitrogen and oxygen atoms in total. The molecule has 2 atom stereocenters. The van der Waals surface area contributed by atoms with Gasteiger partial charge in [0.1, 0.15) is 5.75 Å². The summed E-state index contributed by atoms with van der Waals surface area (Å²) in [6.45, 7) is 4.68. The molecule has 2 aliphatic rings.